The monoisotopic (exact) mass is 456 g/mol. The number of halogens is 2. The number of hydrogen-bond acceptors (Lipinski definition) is 3. The molecule has 1 saturated heterocycles. The summed E-state index contributed by atoms with van der Waals surface area (Å²) < 4.78 is 1.82. The molecule has 160 valence electrons. The zero-order valence-corrected chi connectivity index (χ0v) is 18.3. The van der Waals surface area contributed by atoms with E-state index in [0.29, 0.717) is 40.8 Å². The van der Waals surface area contributed by atoms with Gasteiger partial charge in [-0.25, -0.2) is 0 Å². The van der Waals surface area contributed by atoms with Crippen LogP contribution in [0.25, 0.3) is 0 Å². The van der Waals surface area contributed by atoms with E-state index >= 15 is 0 Å². The topological polar surface area (TPSA) is 67.2 Å². The highest BCUT2D eigenvalue weighted by Gasteiger charge is 2.32. The molecule has 6 nitrogen and oxygen atoms in total. The minimum Gasteiger partial charge on any atom is -0.327 e. The number of nitrogens with zero attached hydrogens (tertiary/aromatic N) is 3. The molecule has 2 heterocycles. The predicted octanol–water partition coefficient (Wildman–Crippen LogP) is 4.87. The van der Waals surface area contributed by atoms with E-state index in [4.69, 9.17) is 23.2 Å². The lowest BCUT2D eigenvalue weighted by molar-refractivity contribution is -0.121. The van der Waals surface area contributed by atoms with Gasteiger partial charge in [-0.3, -0.25) is 14.3 Å². The summed E-state index contributed by atoms with van der Waals surface area (Å²) in [4.78, 5) is 27.8. The van der Waals surface area contributed by atoms with Gasteiger partial charge in [0.25, 0.3) is 5.91 Å². The fraction of sp³-hybridized carbons (Fsp3) is 0.261. The summed E-state index contributed by atoms with van der Waals surface area (Å²) in [5.41, 5.74) is 2.17. The molecule has 4 rings (SSSR count). The van der Waals surface area contributed by atoms with Gasteiger partial charge in [-0.05, 0) is 61.2 Å². The van der Waals surface area contributed by atoms with Crippen molar-refractivity contribution in [2.75, 3.05) is 11.9 Å². The summed E-state index contributed by atoms with van der Waals surface area (Å²) in [6, 6.07) is 13.7. The van der Waals surface area contributed by atoms with Crippen LogP contribution < -0.4 is 5.32 Å². The van der Waals surface area contributed by atoms with Gasteiger partial charge in [0.2, 0.25) is 5.91 Å². The molecular weight excluding hydrogens is 435 g/mol. The second kappa shape index (κ2) is 9.54. The minimum absolute atomic E-state index is 0.139. The Balaban J connectivity index is 1.46. The van der Waals surface area contributed by atoms with Gasteiger partial charge in [-0.2, -0.15) is 5.10 Å². The number of rotatable bonds is 5. The Hall–Kier alpha value is -2.83. The lowest BCUT2D eigenvalue weighted by Gasteiger charge is -2.34. The van der Waals surface area contributed by atoms with Gasteiger partial charge in [-0.15, -0.1) is 0 Å². The SMILES string of the molecule is O=C(Nc1ccc(Cl)c(Cl)c1)C1CCCCN1C(=O)c1ccc(Cn2cccn2)cc1. The molecule has 1 aliphatic rings. The van der Waals surface area contributed by atoms with E-state index in [2.05, 4.69) is 10.4 Å². The summed E-state index contributed by atoms with van der Waals surface area (Å²) in [5.74, 6) is -0.360. The third-order valence-electron chi connectivity index (χ3n) is 5.36. The first-order valence-corrected chi connectivity index (χ1v) is 10.9. The fourth-order valence-electron chi connectivity index (χ4n) is 3.75. The van der Waals surface area contributed by atoms with Crippen molar-refractivity contribution in [3.63, 3.8) is 0 Å². The number of anilines is 1. The lowest BCUT2D eigenvalue weighted by atomic mass is 9.99. The highest BCUT2D eigenvalue weighted by molar-refractivity contribution is 6.42. The zero-order valence-electron chi connectivity index (χ0n) is 16.8. The molecule has 1 aromatic heterocycles. The largest absolute Gasteiger partial charge is 0.327 e. The molecule has 1 fully saturated rings. The molecule has 0 radical (unpaired) electrons. The number of nitrogens with one attached hydrogen (secondary N) is 1. The Morgan fingerprint density at radius 2 is 1.87 bits per heavy atom. The van der Waals surface area contributed by atoms with Crippen molar-refractivity contribution in [3.05, 3.63) is 82.1 Å². The zero-order chi connectivity index (χ0) is 21.8. The third kappa shape index (κ3) is 5.09. The van der Waals surface area contributed by atoms with Gasteiger partial charge in [-0.1, -0.05) is 35.3 Å². The predicted molar refractivity (Wildman–Crippen MR) is 122 cm³/mol. The summed E-state index contributed by atoms with van der Waals surface area (Å²) in [6.07, 6.45) is 6.02. The van der Waals surface area contributed by atoms with Gasteiger partial charge < -0.3 is 10.2 Å². The lowest BCUT2D eigenvalue weighted by Crippen LogP contribution is -2.50. The van der Waals surface area contributed by atoms with Crippen molar-refractivity contribution in [2.24, 2.45) is 0 Å². The van der Waals surface area contributed by atoms with E-state index in [-0.39, 0.29) is 11.8 Å². The maximum Gasteiger partial charge on any atom is 0.254 e. The van der Waals surface area contributed by atoms with Crippen molar-refractivity contribution in [1.29, 1.82) is 0 Å². The molecule has 1 unspecified atom stereocenters. The molecule has 31 heavy (non-hydrogen) atoms. The van der Waals surface area contributed by atoms with E-state index in [1.54, 1.807) is 29.3 Å². The van der Waals surface area contributed by atoms with Crippen molar-refractivity contribution in [3.8, 4) is 0 Å². The molecule has 2 aromatic carbocycles. The molecule has 0 spiro atoms. The first-order valence-electron chi connectivity index (χ1n) is 10.1. The maximum absolute atomic E-state index is 13.2. The number of carbonyl (C=O) groups excluding carboxylic acids is 2. The third-order valence-corrected chi connectivity index (χ3v) is 6.10. The summed E-state index contributed by atoms with van der Waals surface area (Å²) in [5, 5.41) is 7.85. The molecule has 8 heteroatoms. The number of amides is 2. The molecule has 1 N–H and O–H groups in total. The second-order valence-electron chi connectivity index (χ2n) is 7.53. The van der Waals surface area contributed by atoms with E-state index in [1.165, 1.54) is 0 Å². The van der Waals surface area contributed by atoms with Gasteiger partial charge in [0, 0.05) is 30.2 Å². The van der Waals surface area contributed by atoms with Crippen molar-refractivity contribution in [2.45, 2.75) is 31.8 Å². The van der Waals surface area contributed by atoms with Crippen LogP contribution in [0.4, 0.5) is 5.69 Å². The van der Waals surface area contributed by atoms with Crippen LogP contribution in [0.5, 0.6) is 0 Å². The van der Waals surface area contributed by atoms with Crippen molar-refractivity contribution in [1.82, 2.24) is 14.7 Å². The molecular formula is C23H22Cl2N4O2. The van der Waals surface area contributed by atoms with Crippen molar-refractivity contribution >= 4 is 40.7 Å². The van der Waals surface area contributed by atoms with Crippen LogP contribution in [-0.4, -0.2) is 39.1 Å². The Bertz CT molecular complexity index is 1070. The smallest absolute Gasteiger partial charge is 0.254 e. The first kappa shape index (κ1) is 21.4. The van der Waals surface area contributed by atoms with Crippen LogP contribution in [0.15, 0.2) is 60.9 Å². The Kier molecular flexibility index (Phi) is 6.59. The number of piperidine rings is 1. The molecule has 1 atom stereocenters. The van der Waals surface area contributed by atoms with Crippen molar-refractivity contribution < 1.29 is 9.59 Å². The number of likely N-dealkylation sites (tertiary alicyclic amines) is 1. The quantitative estimate of drug-likeness (QED) is 0.595. The second-order valence-corrected chi connectivity index (χ2v) is 8.34. The standard InChI is InChI=1S/C23H22Cl2N4O2/c24-19-10-9-18(14-20(19)25)27-22(30)21-4-1-2-13-29(21)23(31)17-7-5-16(6-8-17)15-28-12-3-11-26-28/h3,5-12,14,21H,1-2,4,13,15H2,(H,27,30). The van der Waals surface area contributed by atoms with Crippen LogP contribution in [0, 0.1) is 0 Å². The van der Waals surface area contributed by atoms with Crippen LogP contribution in [0.1, 0.15) is 35.2 Å². The van der Waals surface area contributed by atoms with Crippen LogP contribution in [0.2, 0.25) is 10.0 Å². The average Bonchev–Trinajstić information content (AvgIpc) is 3.29. The highest BCUT2D eigenvalue weighted by atomic mass is 35.5. The molecule has 0 bridgehead atoms. The van der Waals surface area contributed by atoms with E-state index < -0.39 is 6.04 Å². The van der Waals surface area contributed by atoms with Gasteiger partial charge in [0.1, 0.15) is 6.04 Å². The maximum atomic E-state index is 13.2. The Labute approximate surface area is 190 Å². The number of hydrogen-bond donors (Lipinski definition) is 1. The summed E-state index contributed by atoms with van der Waals surface area (Å²) in [7, 11) is 0. The average molecular weight is 457 g/mol. The van der Waals surface area contributed by atoms with E-state index in [0.717, 1.165) is 18.4 Å². The number of benzene rings is 2. The summed E-state index contributed by atoms with van der Waals surface area (Å²) in [6.45, 7) is 1.19. The Morgan fingerprint density at radius 3 is 2.58 bits per heavy atom. The first-order chi connectivity index (χ1) is 15.0. The normalized spacial score (nSPS) is 16.2. The van der Waals surface area contributed by atoms with Gasteiger partial charge in [0.15, 0.2) is 0 Å². The van der Waals surface area contributed by atoms with E-state index in [1.807, 2.05) is 41.2 Å². The molecule has 1 aliphatic heterocycles. The molecule has 0 saturated carbocycles. The molecule has 0 aliphatic carbocycles. The summed E-state index contributed by atoms with van der Waals surface area (Å²) >= 11 is 12.0. The fourth-order valence-corrected chi connectivity index (χ4v) is 4.04. The van der Waals surface area contributed by atoms with Crippen LogP contribution in [0.3, 0.4) is 0 Å². The number of aromatic nitrogens is 2. The number of carbonyl (C=O) groups is 2. The van der Waals surface area contributed by atoms with Gasteiger partial charge >= 0.3 is 0 Å². The van der Waals surface area contributed by atoms with E-state index in [9.17, 15) is 9.59 Å². The van der Waals surface area contributed by atoms with Gasteiger partial charge in [0.05, 0.1) is 16.6 Å². The Morgan fingerprint density at radius 1 is 1.06 bits per heavy atom. The minimum atomic E-state index is -0.528. The van der Waals surface area contributed by atoms with Crippen LogP contribution >= 0.6 is 23.2 Å². The molecule has 3 aromatic rings. The molecule has 2 amide bonds. The highest BCUT2D eigenvalue weighted by Crippen LogP contribution is 2.26. The van der Waals surface area contributed by atoms with Crippen LogP contribution in [-0.2, 0) is 11.3 Å².